The Hall–Kier alpha value is -2.07. The molecule has 2 rings (SSSR count). The highest BCUT2D eigenvalue weighted by molar-refractivity contribution is 6.32. The number of nitrogens with one attached hydrogen (secondary N) is 1. The van der Waals surface area contributed by atoms with E-state index in [9.17, 15) is 9.90 Å². The number of hydrogen-bond acceptors (Lipinski definition) is 3. The van der Waals surface area contributed by atoms with Crippen LogP contribution >= 0.6 is 11.6 Å². The third-order valence-electron chi connectivity index (χ3n) is 2.43. The lowest BCUT2D eigenvalue weighted by Crippen LogP contribution is -2.23. The molecular weight excluding hydrogens is 252 g/mol. The molecule has 5 heteroatoms. The molecule has 1 aromatic heterocycles. The average Bonchev–Trinajstić information content (AvgIpc) is 2.38. The molecule has 1 heterocycles. The first-order valence-electron chi connectivity index (χ1n) is 5.34. The summed E-state index contributed by atoms with van der Waals surface area (Å²) in [4.78, 5) is 15.7. The lowest BCUT2D eigenvalue weighted by Gasteiger charge is -2.07. The van der Waals surface area contributed by atoms with Crippen LogP contribution in [0.2, 0.25) is 5.15 Å². The number of pyridine rings is 1. The second kappa shape index (κ2) is 5.51. The summed E-state index contributed by atoms with van der Waals surface area (Å²) in [5, 5.41) is 12.4. The van der Waals surface area contributed by atoms with Gasteiger partial charge in [0.05, 0.1) is 5.56 Å². The fraction of sp³-hybridized carbons (Fsp3) is 0.0769. The summed E-state index contributed by atoms with van der Waals surface area (Å²) in [7, 11) is 0. The molecule has 0 unspecified atom stereocenters. The summed E-state index contributed by atoms with van der Waals surface area (Å²) in [6, 6.07) is 10.0. The van der Waals surface area contributed by atoms with Crippen LogP contribution < -0.4 is 5.32 Å². The molecule has 0 aliphatic carbocycles. The van der Waals surface area contributed by atoms with E-state index in [1.807, 2.05) is 0 Å². The molecule has 0 aliphatic heterocycles. The van der Waals surface area contributed by atoms with Crippen molar-refractivity contribution >= 4 is 17.5 Å². The Morgan fingerprint density at radius 1 is 1.28 bits per heavy atom. The molecule has 92 valence electrons. The van der Waals surface area contributed by atoms with Gasteiger partial charge in [-0.3, -0.25) is 4.79 Å². The van der Waals surface area contributed by atoms with E-state index in [1.54, 1.807) is 36.4 Å². The minimum absolute atomic E-state index is 0.148. The molecule has 18 heavy (non-hydrogen) atoms. The molecule has 1 amide bonds. The molecule has 1 aromatic carbocycles. The highest BCUT2D eigenvalue weighted by Crippen LogP contribution is 2.16. The van der Waals surface area contributed by atoms with E-state index in [-0.39, 0.29) is 23.4 Å². The van der Waals surface area contributed by atoms with Crippen LogP contribution in [-0.4, -0.2) is 16.0 Å². The number of carbonyl (C=O) groups is 1. The number of hydrogen-bond donors (Lipinski definition) is 2. The van der Waals surface area contributed by atoms with Crippen molar-refractivity contribution in [3.63, 3.8) is 0 Å². The van der Waals surface area contributed by atoms with Gasteiger partial charge in [0, 0.05) is 18.3 Å². The number of benzene rings is 1. The molecule has 0 spiro atoms. The van der Waals surface area contributed by atoms with E-state index in [1.165, 1.54) is 6.20 Å². The normalized spacial score (nSPS) is 10.1. The maximum absolute atomic E-state index is 11.8. The lowest BCUT2D eigenvalue weighted by molar-refractivity contribution is 0.0950. The number of phenolic OH excluding ortho intramolecular Hbond substituents is 1. The standard InChI is InChI=1S/C13H11ClN2O2/c14-12-10(5-3-7-15-12)13(18)16-8-9-4-1-2-6-11(9)17/h1-7,17H,8H2,(H,16,18). The quantitative estimate of drug-likeness (QED) is 0.835. The van der Waals surface area contributed by atoms with Gasteiger partial charge in [0.1, 0.15) is 10.9 Å². The van der Waals surface area contributed by atoms with Crippen LogP contribution in [0.1, 0.15) is 15.9 Å². The molecule has 0 atom stereocenters. The van der Waals surface area contributed by atoms with Crippen LogP contribution in [0.25, 0.3) is 0 Å². The number of carbonyl (C=O) groups excluding carboxylic acids is 1. The van der Waals surface area contributed by atoms with E-state index < -0.39 is 0 Å². The zero-order valence-electron chi connectivity index (χ0n) is 9.43. The largest absolute Gasteiger partial charge is 0.508 e. The summed E-state index contributed by atoms with van der Waals surface area (Å²) in [6.45, 7) is 0.233. The number of rotatable bonds is 3. The van der Waals surface area contributed by atoms with Crippen molar-refractivity contribution in [3.8, 4) is 5.75 Å². The van der Waals surface area contributed by atoms with E-state index in [2.05, 4.69) is 10.3 Å². The van der Waals surface area contributed by atoms with Crippen molar-refractivity contribution in [2.24, 2.45) is 0 Å². The second-order valence-corrected chi connectivity index (χ2v) is 4.01. The maximum Gasteiger partial charge on any atom is 0.254 e. The van der Waals surface area contributed by atoms with Crippen molar-refractivity contribution < 1.29 is 9.90 Å². The van der Waals surface area contributed by atoms with E-state index in [0.717, 1.165) is 0 Å². The Balaban J connectivity index is 2.06. The predicted octanol–water partition coefficient (Wildman–Crippen LogP) is 2.37. The SMILES string of the molecule is O=C(NCc1ccccc1O)c1cccnc1Cl. The zero-order chi connectivity index (χ0) is 13.0. The molecular formula is C13H11ClN2O2. The summed E-state index contributed by atoms with van der Waals surface area (Å²) >= 11 is 5.81. The van der Waals surface area contributed by atoms with Crippen LogP contribution in [0.3, 0.4) is 0 Å². The first kappa shape index (κ1) is 12.4. The van der Waals surface area contributed by atoms with Gasteiger partial charge in [0.2, 0.25) is 0 Å². The number of para-hydroxylation sites is 1. The molecule has 2 N–H and O–H groups in total. The van der Waals surface area contributed by atoms with Gasteiger partial charge >= 0.3 is 0 Å². The average molecular weight is 263 g/mol. The van der Waals surface area contributed by atoms with Gasteiger partial charge < -0.3 is 10.4 Å². The fourth-order valence-corrected chi connectivity index (χ4v) is 1.69. The molecule has 0 bridgehead atoms. The smallest absolute Gasteiger partial charge is 0.254 e. The Bertz CT molecular complexity index is 572. The van der Waals surface area contributed by atoms with Gasteiger partial charge in [-0.25, -0.2) is 4.98 Å². The number of amides is 1. The third-order valence-corrected chi connectivity index (χ3v) is 2.74. The number of aromatic hydroxyl groups is 1. The van der Waals surface area contributed by atoms with Gasteiger partial charge in [0.15, 0.2) is 0 Å². The molecule has 4 nitrogen and oxygen atoms in total. The number of nitrogens with zero attached hydrogens (tertiary/aromatic N) is 1. The summed E-state index contributed by atoms with van der Waals surface area (Å²) < 4.78 is 0. The van der Waals surface area contributed by atoms with Crippen molar-refractivity contribution in [2.75, 3.05) is 0 Å². The van der Waals surface area contributed by atoms with Crippen LogP contribution in [0.15, 0.2) is 42.6 Å². The lowest BCUT2D eigenvalue weighted by atomic mass is 10.2. The van der Waals surface area contributed by atoms with Crippen molar-refractivity contribution in [3.05, 3.63) is 58.9 Å². The van der Waals surface area contributed by atoms with Crippen LogP contribution in [0.4, 0.5) is 0 Å². The van der Waals surface area contributed by atoms with Crippen LogP contribution in [0.5, 0.6) is 5.75 Å². The van der Waals surface area contributed by atoms with Gasteiger partial charge in [0.25, 0.3) is 5.91 Å². The van der Waals surface area contributed by atoms with Gasteiger partial charge in [-0.2, -0.15) is 0 Å². The minimum atomic E-state index is -0.323. The second-order valence-electron chi connectivity index (χ2n) is 3.65. The maximum atomic E-state index is 11.8. The minimum Gasteiger partial charge on any atom is -0.508 e. The predicted molar refractivity (Wildman–Crippen MR) is 68.5 cm³/mol. The first-order valence-corrected chi connectivity index (χ1v) is 5.72. The molecule has 0 fully saturated rings. The highest BCUT2D eigenvalue weighted by atomic mass is 35.5. The number of phenols is 1. The van der Waals surface area contributed by atoms with Gasteiger partial charge in [-0.15, -0.1) is 0 Å². The summed E-state index contributed by atoms with van der Waals surface area (Å²) in [5.41, 5.74) is 0.959. The Kier molecular flexibility index (Phi) is 3.79. The third kappa shape index (κ3) is 2.78. The van der Waals surface area contributed by atoms with E-state index in [4.69, 9.17) is 11.6 Å². The summed E-state index contributed by atoms with van der Waals surface area (Å²) in [5.74, 6) is -0.175. The summed E-state index contributed by atoms with van der Waals surface area (Å²) in [6.07, 6.45) is 1.52. The molecule has 0 saturated carbocycles. The van der Waals surface area contributed by atoms with Gasteiger partial charge in [-0.1, -0.05) is 29.8 Å². The van der Waals surface area contributed by atoms with Crippen molar-refractivity contribution in [2.45, 2.75) is 6.54 Å². The number of halogens is 1. The van der Waals surface area contributed by atoms with E-state index >= 15 is 0 Å². The molecule has 0 radical (unpaired) electrons. The van der Waals surface area contributed by atoms with Crippen molar-refractivity contribution in [1.29, 1.82) is 0 Å². The highest BCUT2D eigenvalue weighted by Gasteiger charge is 2.10. The molecule has 2 aromatic rings. The monoisotopic (exact) mass is 262 g/mol. The first-order chi connectivity index (χ1) is 8.68. The fourth-order valence-electron chi connectivity index (χ4n) is 1.49. The van der Waals surface area contributed by atoms with Gasteiger partial charge in [-0.05, 0) is 18.2 Å². The molecule has 0 saturated heterocycles. The molecule has 0 aliphatic rings. The van der Waals surface area contributed by atoms with Crippen LogP contribution in [0, 0.1) is 0 Å². The van der Waals surface area contributed by atoms with E-state index in [0.29, 0.717) is 11.1 Å². The topological polar surface area (TPSA) is 62.2 Å². The Morgan fingerprint density at radius 2 is 2.06 bits per heavy atom. The Labute approximate surface area is 109 Å². The Morgan fingerprint density at radius 3 is 2.78 bits per heavy atom. The van der Waals surface area contributed by atoms with Crippen molar-refractivity contribution in [1.82, 2.24) is 10.3 Å². The zero-order valence-corrected chi connectivity index (χ0v) is 10.2. The van der Waals surface area contributed by atoms with Crippen LogP contribution in [-0.2, 0) is 6.54 Å². The number of aromatic nitrogens is 1.